The Morgan fingerprint density at radius 2 is 1.91 bits per heavy atom. The van der Waals surface area contributed by atoms with Crippen molar-refractivity contribution < 1.29 is 14.3 Å². The summed E-state index contributed by atoms with van der Waals surface area (Å²) < 4.78 is 7.06. The highest BCUT2D eigenvalue weighted by Crippen LogP contribution is 2.16. The quantitative estimate of drug-likeness (QED) is 0.643. The van der Waals surface area contributed by atoms with Crippen LogP contribution in [0.15, 0.2) is 36.7 Å². The highest BCUT2D eigenvalue weighted by atomic mass is 16.6. The fraction of sp³-hybridized carbons (Fsp3) is 0.353. The largest absolute Gasteiger partial charge is 0.456 e. The second-order valence-corrected chi connectivity index (χ2v) is 6.14. The topological polar surface area (TPSA) is 61.2 Å². The van der Waals surface area contributed by atoms with Crippen molar-refractivity contribution in [3.05, 3.63) is 53.3 Å². The van der Waals surface area contributed by atoms with Gasteiger partial charge in [-0.2, -0.15) is 5.10 Å². The van der Waals surface area contributed by atoms with Crippen molar-refractivity contribution in [3.63, 3.8) is 0 Å². The number of rotatable bonds is 4. The predicted octanol–water partition coefficient (Wildman–Crippen LogP) is 3.09. The first-order valence-corrected chi connectivity index (χ1v) is 7.11. The Kier molecular flexibility index (Phi) is 4.45. The molecular weight excluding hydrogens is 280 g/mol. The summed E-state index contributed by atoms with van der Waals surface area (Å²) in [5.41, 5.74) is 1.32. The van der Waals surface area contributed by atoms with Gasteiger partial charge in [-0.1, -0.05) is 18.2 Å². The molecule has 5 nitrogen and oxygen atoms in total. The van der Waals surface area contributed by atoms with E-state index in [4.69, 9.17) is 4.74 Å². The number of carbonyl (C=O) groups excluding carboxylic acids is 2. The van der Waals surface area contributed by atoms with E-state index in [9.17, 15) is 9.59 Å². The van der Waals surface area contributed by atoms with E-state index in [1.54, 1.807) is 23.0 Å². The van der Waals surface area contributed by atoms with Crippen molar-refractivity contribution in [2.45, 2.75) is 39.8 Å². The molecule has 0 radical (unpaired) electrons. The molecule has 116 valence electrons. The van der Waals surface area contributed by atoms with E-state index in [1.165, 1.54) is 13.1 Å². The van der Waals surface area contributed by atoms with E-state index >= 15 is 0 Å². The van der Waals surface area contributed by atoms with Crippen LogP contribution in [0, 0.1) is 0 Å². The van der Waals surface area contributed by atoms with E-state index in [0.29, 0.717) is 17.7 Å². The van der Waals surface area contributed by atoms with Gasteiger partial charge in [-0.25, -0.2) is 4.79 Å². The maximum Gasteiger partial charge on any atom is 0.338 e. The number of ketones is 1. The fourth-order valence-electron chi connectivity index (χ4n) is 2.00. The van der Waals surface area contributed by atoms with Crippen LogP contribution in [0.2, 0.25) is 0 Å². The summed E-state index contributed by atoms with van der Waals surface area (Å²) in [7, 11) is 0. The van der Waals surface area contributed by atoms with Crippen molar-refractivity contribution in [1.82, 2.24) is 9.78 Å². The molecule has 0 aliphatic rings. The van der Waals surface area contributed by atoms with E-state index in [0.717, 1.165) is 5.56 Å². The van der Waals surface area contributed by atoms with Crippen LogP contribution >= 0.6 is 0 Å². The Labute approximate surface area is 129 Å². The normalized spacial score (nSPS) is 11.3. The molecule has 0 unspecified atom stereocenters. The molecule has 1 aromatic heterocycles. The SMILES string of the molecule is CC(=O)c1cnn(Cc2ccccc2C(=O)OC(C)(C)C)c1. The number of ether oxygens (including phenoxy) is 1. The Morgan fingerprint density at radius 3 is 2.50 bits per heavy atom. The van der Waals surface area contributed by atoms with E-state index in [2.05, 4.69) is 5.10 Å². The standard InChI is InChI=1S/C17H20N2O3/c1-12(20)14-9-18-19(11-14)10-13-7-5-6-8-15(13)16(21)22-17(2,3)4/h5-9,11H,10H2,1-4H3. The molecule has 5 heteroatoms. The minimum absolute atomic E-state index is 0.0355. The third kappa shape index (κ3) is 4.04. The summed E-state index contributed by atoms with van der Waals surface area (Å²) in [6.07, 6.45) is 3.20. The van der Waals surface area contributed by atoms with Crippen LogP contribution in [0.1, 0.15) is 54.0 Å². The van der Waals surface area contributed by atoms with Crippen LogP contribution in [-0.2, 0) is 11.3 Å². The maximum atomic E-state index is 12.3. The van der Waals surface area contributed by atoms with Gasteiger partial charge >= 0.3 is 5.97 Å². The molecule has 0 atom stereocenters. The molecule has 0 N–H and O–H groups in total. The van der Waals surface area contributed by atoms with Crippen LogP contribution in [0.4, 0.5) is 0 Å². The van der Waals surface area contributed by atoms with Crippen LogP contribution in [0.25, 0.3) is 0 Å². The lowest BCUT2D eigenvalue weighted by Crippen LogP contribution is -2.24. The molecule has 0 fully saturated rings. The highest BCUT2D eigenvalue weighted by Gasteiger charge is 2.20. The van der Waals surface area contributed by atoms with Crippen molar-refractivity contribution in [2.24, 2.45) is 0 Å². The van der Waals surface area contributed by atoms with Gasteiger partial charge in [0, 0.05) is 6.20 Å². The lowest BCUT2D eigenvalue weighted by atomic mass is 10.1. The fourth-order valence-corrected chi connectivity index (χ4v) is 2.00. The second-order valence-electron chi connectivity index (χ2n) is 6.14. The van der Waals surface area contributed by atoms with Gasteiger partial charge in [-0.15, -0.1) is 0 Å². The number of hydrogen-bond acceptors (Lipinski definition) is 4. The molecule has 0 aliphatic carbocycles. The summed E-state index contributed by atoms with van der Waals surface area (Å²) in [4.78, 5) is 23.6. The minimum Gasteiger partial charge on any atom is -0.456 e. The highest BCUT2D eigenvalue weighted by molar-refractivity contribution is 5.93. The molecule has 0 saturated heterocycles. The summed E-state index contributed by atoms with van der Waals surface area (Å²) in [5, 5.41) is 4.15. The zero-order chi connectivity index (χ0) is 16.3. The zero-order valence-electron chi connectivity index (χ0n) is 13.3. The molecular formula is C17H20N2O3. The smallest absolute Gasteiger partial charge is 0.338 e. The number of nitrogens with zero attached hydrogens (tertiary/aromatic N) is 2. The third-order valence-electron chi connectivity index (χ3n) is 3.01. The van der Waals surface area contributed by atoms with Crippen LogP contribution < -0.4 is 0 Å². The lowest BCUT2D eigenvalue weighted by Gasteiger charge is -2.20. The monoisotopic (exact) mass is 300 g/mol. The minimum atomic E-state index is -0.544. The number of benzene rings is 1. The molecule has 1 heterocycles. The molecule has 2 aromatic rings. The molecule has 0 saturated carbocycles. The summed E-state index contributed by atoms with van der Waals surface area (Å²) in [5.74, 6) is -0.395. The summed E-state index contributed by atoms with van der Waals surface area (Å²) >= 11 is 0. The average Bonchev–Trinajstić information content (AvgIpc) is 2.86. The van der Waals surface area contributed by atoms with Gasteiger partial charge in [-0.3, -0.25) is 9.48 Å². The molecule has 2 rings (SSSR count). The van der Waals surface area contributed by atoms with Crippen LogP contribution in [-0.4, -0.2) is 27.1 Å². The van der Waals surface area contributed by atoms with Gasteiger partial charge in [-0.05, 0) is 39.3 Å². The number of carbonyl (C=O) groups is 2. The van der Waals surface area contributed by atoms with E-state index in [-0.39, 0.29) is 11.8 Å². The number of hydrogen-bond donors (Lipinski definition) is 0. The number of esters is 1. The van der Waals surface area contributed by atoms with Crippen molar-refractivity contribution in [3.8, 4) is 0 Å². The molecule has 1 aromatic carbocycles. The Bertz CT molecular complexity index is 696. The van der Waals surface area contributed by atoms with E-state index < -0.39 is 5.60 Å². The predicted molar refractivity (Wildman–Crippen MR) is 82.9 cm³/mol. The van der Waals surface area contributed by atoms with E-state index in [1.807, 2.05) is 32.9 Å². The Balaban J connectivity index is 2.24. The first-order chi connectivity index (χ1) is 10.3. The first kappa shape index (κ1) is 15.9. The van der Waals surface area contributed by atoms with Gasteiger partial charge in [0.2, 0.25) is 0 Å². The molecule has 0 aliphatic heterocycles. The molecule has 22 heavy (non-hydrogen) atoms. The summed E-state index contributed by atoms with van der Waals surface area (Å²) in [6, 6.07) is 7.25. The van der Waals surface area contributed by atoms with Crippen LogP contribution in [0.5, 0.6) is 0 Å². The zero-order valence-corrected chi connectivity index (χ0v) is 13.3. The molecule has 0 amide bonds. The van der Waals surface area contributed by atoms with Crippen LogP contribution in [0.3, 0.4) is 0 Å². The van der Waals surface area contributed by atoms with Crippen molar-refractivity contribution >= 4 is 11.8 Å². The van der Waals surface area contributed by atoms with Crippen molar-refractivity contribution in [1.29, 1.82) is 0 Å². The molecule has 0 bridgehead atoms. The van der Waals surface area contributed by atoms with Crippen molar-refractivity contribution in [2.75, 3.05) is 0 Å². The van der Waals surface area contributed by atoms with Gasteiger partial charge in [0.1, 0.15) is 5.60 Å². The second kappa shape index (κ2) is 6.13. The Morgan fingerprint density at radius 1 is 1.23 bits per heavy atom. The molecule has 0 spiro atoms. The van der Waals surface area contributed by atoms with Gasteiger partial charge in [0.05, 0.1) is 23.9 Å². The number of aromatic nitrogens is 2. The number of Topliss-reactive ketones (excluding diaryl/α,β-unsaturated/α-hetero) is 1. The summed E-state index contributed by atoms with van der Waals surface area (Å²) in [6.45, 7) is 7.40. The first-order valence-electron chi connectivity index (χ1n) is 7.11. The van der Waals surface area contributed by atoms with Gasteiger partial charge < -0.3 is 4.74 Å². The average molecular weight is 300 g/mol. The third-order valence-corrected chi connectivity index (χ3v) is 3.01. The lowest BCUT2D eigenvalue weighted by molar-refractivity contribution is 0.00681. The Hall–Kier alpha value is -2.43. The van der Waals surface area contributed by atoms with Gasteiger partial charge in [0.15, 0.2) is 5.78 Å². The maximum absolute atomic E-state index is 12.3. The van der Waals surface area contributed by atoms with Gasteiger partial charge in [0.25, 0.3) is 0 Å².